The molecule has 214 valence electrons. The largest absolute Gasteiger partial charge is 0.350 e. The lowest BCUT2D eigenvalue weighted by Gasteiger charge is -2.13. The third-order valence-corrected chi connectivity index (χ3v) is 7.61. The Hall–Kier alpha value is -1.58. The van der Waals surface area contributed by atoms with Crippen LogP contribution in [0.25, 0.3) is 0 Å². The first-order valence-corrected chi connectivity index (χ1v) is 16.1. The molecule has 0 aromatic rings. The third kappa shape index (κ3) is 21.1. The molecule has 0 bridgehead atoms. The van der Waals surface area contributed by atoms with Gasteiger partial charge in [0.2, 0.25) is 11.8 Å². The summed E-state index contributed by atoms with van der Waals surface area (Å²) in [5, 5.41) is 6.23. The molecule has 1 fully saturated rings. The number of hydrogen-bond acceptors (Lipinski definition) is 2. The molecule has 4 heteroatoms. The van der Waals surface area contributed by atoms with Crippen LogP contribution in [0.15, 0.2) is 24.3 Å². The molecule has 0 aromatic heterocycles. The minimum Gasteiger partial charge on any atom is -0.350 e. The molecule has 1 rings (SSSR count). The molecule has 0 spiro atoms. The lowest BCUT2D eigenvalue weighted by atomic mass is 10.1. The van der Waals surface area contributed by atoms with Gasteiger partial charge in [-0.2, -0.15) is 0 Å². The van der Waals surface area contributed by atoms with E-state index in [9.17, 15) is 9.59 Å². The number of amides is 2. The van der Waals surface area contributed by atoms with Crippen molar-refractivity contribution in [2.45, 2.75) is 174 Å². The number of carbonyl (C=O) groups excluding carboxylic acids is 2. The van der Waals surface area contributed by atoms with Crippen molar-refractivity contribution in [1.82, 2.24) is 10.6 Å². The van der Waals surface area contributed by atoms with E-state index in [1.807, 2.05) is 12.2 Å². The first-order chi connectivity index (χ1) is 18.2. The SMILES string of the molecule is CCCCCCCCCCC/C=C/C(=O)N[C@@H]1CC[C@H](NC(=O)/C=C/CCCCCCCCCCC)C1. The minimum absolute atomic E-state index is 0.00811. The quantitative estimate of drug-likeness (QED) is 0.0992. The van der Waals surface area contributed by atoms with Crippen molar-refractivity contribution in [3.63, 3.8) is 0 Å². The molecule has 4 nitrogen and oxygen atoms in total. The van der Waals surface area contributed by atoms with Gasteiger partial charge in [0, 0.05) is 12.1 Å². The topological polar surface area (TPSA) is 58.2 Å². The van der Waals surface area contributed by atoms with E-state index in [0.717, 1.165) is 32.1 Å². The van der Waals surface area contributed by atoms with Gasteiger partial charge in [-0.1, -0.05) is 129 Å². The van der Waals surface area contributed by atoms with Gasteiger partial charge in [-0.25, -0.2) is 0 Å². The average Bonchev–Trinajstić information content (AvgIpc) is 3.32. The van der Waals surface area contributed by atoms with E-state index in [2.05, 4.69) is 24.5 Å². The van der Waals surface area contributed by atoms with E-state index in [4.69, 9.17) is 0 Å². The molecule has 2 amide bonds. The van der Waals surface area contributed by atoms with Gasteiger partial charge in [-0.3, -0.25) is 9.59 Å². The van der Waals surface area contributed by atoms with Gasteiger partial charge in [-0.15, -0.1) is 0 Å². The van der Waals surface area contributed by atoms with Crippen LogP contribution in [0.1, 0.15) is 162 Å². The highest BCUT2D eigenvalue weighted by Gasteiger charge is 2.26. The third-order valence-electron chi connectivity index (χ3n) is 7.61. The van der Waals surface area contributed by atoms with Crippen LogP contribution in [0.5, 0.6) is 0 Å². The van der Waals surface area contributed by atoms with E-state index in [1.165, 1.54) is 116 Å². The first-order valence-electron chi connectivity index (χ1n) is 16.1. The summed E-state index contributed by atoms with van der Waals surface area (Å²) < 4.78 is 0. The summed E-state index contributed by atoms with van der Waals surface area (Å²) in [5.74, 6) is 0.0162. The first kappa shape index (κ1) is 33.4. The lowest BCUT2D eigenvalue weighted by molar-refractivity contribution is -0.117. The molecular formula is C33H60N2O2. The molecule has 1 aliphatic carbocycles. The fraction of sp³-hybridized carbons (Fsp3) is 0.818. The monoisotopic (exact) mass is 516 g/mol. The van der Waals surface area contributed by atoms with Crippen LogP contribution < -0.4 is 10.6 Å². The zero-order valence-corrected chi connectivity index (χ0v) is 24.5. The molecule has 1 saturated carbocycles. The predicted octanol–water partition coefficient (Wildman–Crippen LogP) is 9.09. The van der Waals surface area contributed by atoms with Crippen molar-refractivity contribution in [2.24, 2.45) is 0 Å². The second kappa shape index (κ2) is 24.7. The maximum Gasteiger partial charge on any atom is 0.243 e. The zero-order valence-electron chi connectivity index (χ0n) is 24.5. The highest BCUT2D eigenvalue weighted by molar-refractivity contribution is 5.88. The van der Waals surface area contributed by atoms with E-state index >= 15 is 0 Å². The Bertz CT molecular complexity index is 561. The number of hydrogen-bond donors (Lipinski definition) is 2. The summed E-state index contributed by atoms with van der Waals surface area (Å²) in [6.45, 7) is 4.52. The van der Waals surface area contributed by atoms with Gasteiger partial charge >= 0.3 is 0 Å². The standard InChI is InChI=1S/C33H60N2O2/c1-3-5-7-9-11-13-15-17-19-21-23-25-32(36)34-30-27-28-31(29-30)35-33(37)26-24-22-20-18-16-14-12-10-8-6-4-2/h23-26,30-31H,3-22,27-29H2,1-2H3,(H,34,36)(H,35,37)/b25-23+,26-24+/t30-,31+. The van der Waals surface area contributed by atoms with Crippen LogP contribution >= 0.6 is 0 Å². The van der Waals surface area contributed by atoms with E-state index < -0.39 is 0 Å². The maximum absolute atomic E-state index is 12.2. The summed E-state index contributed by atoms with van der Waals surface area (Å²) in [7, 11) is 0. The number of unbranched alkanes of at least 4 members (excludes halogenated alkanes) is 18. The molecule has 0 aromatic carbocycles. The Morgan fingerprint density at radius 3 is 1.22 bits per heavy atom. The van der Waals surface area contributed by atoms with Crippen molar-refractivity contribution in [3.8, 4) is 0 Å². The molecule has 0 radical (unpaired) electrons. The number of carbonyl (C=O) groups is 2. The van der Waals surface area contributed by atoms with E-state index in [-0.39, 0.29) is 23.9 Å². The average molecular weight is 517 g/mol. The minimum atomic E-state index is 0.00811. The molecule has 1 aliphatic rings. The van der Waals surface area contributed by atoms with Crippen LogP contribution in [0.2, 0.25) is 0 Å². The van der Waals surface area contributed by atoms with Crippen molar-refractivity contribution < 1.29 is 9.59 Å². The lowest BCUT2D eigenvalue weighted by Crippen LogP contribution is -2.36. The Morgan fingerprint density at radius 2 is 0.865 bits per heavy atom. The summed E-state index contributed by atoms with van der Waals surface area (Å²) in [6, 6.07) is 0.335. The van der Waals surface area contributed by atoms with E-state index in [0.29, 0.717) is 0 Å². The summed E-state index contributed by atoms with van der Waals surface area (Å²) in [4.78, 5) is 24.4. The molecule has 2 atom stereocenters. The fourth-order valence-electron chi connectivity index (χ4n) is 5.27. The van der Waals surface area contributed by atoms with E-state index in [1.54, 1.807) is 12.2 Å². The van der Waals surface area contributed by atoms with Crippen LogP contribution in [-0.2, 0) is 9.59 Å². The van der Waals surface area contributed by atoms with Crippen molar-refractivity contribution in [2.75, 3.05) is 0 Å². The molecule has 0 heterocycles. The maximum atomic E-state index is 12.2. The highest BCUT2D eigenvalue weighted by Crippen LogP contribution is 2.19. The molecule has 2 N–H and O–H groups in total. The zero-order chi connectivity index (χ0) is 26.8. The molecule has 0 unspecified atom stereocenters. The second-order valence-electron chi connectivity index (χ2n) is 11.3. The summed E-state index contributed by atoms with van der Waals surface area (Å²) in [5.41, 5.74) is 0. The number of rotatable bonds is 24. The molecular weight excluding hydrogens is 456 g/mol. The fourth-order valence-corrected chi connectivity index (χ4v) is 5.27. The summed E-state index contributed by atoms with van der Waals surface area (Å²) >= 11 is 0. The van der Waals surface area contributed by atoms with Gasteiger partial charge in [0.05, 0.1) is 0 Å². The van der Waals surface area contributed by atoms with Gasteiger partial charge in [0.1, 0.15) is 0 Å². The second-order valence-corrected chi connectivity index (χ2v) is 11.3. The Balaban J connectivity index is 1.99. The Morgan fingerprint density at radius 1 is 0.541 bits per heavy atom. The Kier molecular flexibility index (Phi) is 22.4. The summed E-state index contributed by atoms with van der Waals surface area (Å²) in [6.07, 6.45) is 36.0. The van der Waals surface area contributed by atoms with Crippen LogP contribution in [0, 0.1) is 0 Å². The number of allylic oxidation sites excluding steroid dienone is 2. The highest BCUT2D eigenvalue weighted by atomic mass is 16.2. The van der Waals surface area contributed by atoms with Crippen LogP contribution in [-0.4, -0.2) is 23.9 Å². The molecule has 0 saturated heterocycles. The molecule has 37 heavy (non-hydrogen) atoms. The van der Waals surface area contributed by atoms with Crippen molar-refractivity contribution in [3.05, 3.63) is 24.3 Å². The predicted molar refractivity (Wildman–Crippen MR) is 160 cm³/mol. The van der Waals surface area contributed by atoms with Gasteiger partial charge in [0.25, 0.3) is 0 Å². The van der Waals surface area contributed by atoms with Crippen molar-refractivity contribution >= 4 is 11.8 Å². The molecule has 0 aliphatic heterocycles. The Labute approximate surface area is 229 Å². The van der Waals surface area contributed by atoms with Crippen LogP contribution in [0.3, 0.4) is 0 Å². The smallest absolute Gasteiger partial charge is 0.243 e. The van der Waals surface area contributed by atoms with Crippen molar-refractivity contribution in [1.29, 1.82) is 0 Å². The van der Waals surface area contributed by atoms with Gasteiger partial charge in [-0.05, 0) is 57.1 Å². The van der Waals surface area contributed by atoms with Gasteiger partial charge in [0.15, 0.2) is 0 Å². The number of nitrogens with one attached hydrogen (secondary N) is 2. The van der Waals surface area contributed by atoms with Gasteiger partial charge < -0.3 is 10.6 Å². The van der Waals surface area contributed by atoms with Crippen LogP contribution in [0.4, 0.5) is 0 Å². The normalized spacial score (nSPS) is 17.7.